The molecule has 1 aliphatic rings. The summed E-state index contributed by atoms with van der Waals surface area (Å²) in [6.45, 7) is 7.50. The number of amides is 1. The highest BCUT2D eigenvalue weighted by Gasteiger charge is 2.29. The van der Waals surface area contributed by atoms with Crippen LogP contribution in [0.3, 0.4) is 0 Å². The van der Waals surface area contributed by atoms with E-state index in [1.807, 2.05) is 36.9 Å². The van der Waals surface area contributed by atoms with E-state index in [9.17, 15) is 9.59 Å². The fourth-order valence-corrected chi connectivity index (χ4v) is 3.69. The van der Waals surface area contributed by atoms with Crippen LogP contribution in [0.2, 0.25) is 0 Å². The topological polar surface area (TPSA) is 55.2 Å². The monoisotopic (exact) mass is 341 g/mol. The zero-order valence-electron chi connectivity index (χ0n) is 15.4. The Kier molecular flexibility index (Phi) is 5.21. The number of hydrogen-bond acceptors (Lipinski definition) is 3. The van der Waals surface area contributed by atoms with Crippen molar-refractivity contribution in [2.45, 2.75) is 59.0 Å². The van der Waals surface area contributed by atoms with E-state index < -0.39 is 0 Å². The second-order valence-corrected chi connectivity index (χ2v) is 7.33. The molecule has 1 aliphatic heterocycles. The van der Waals surface area contributed by atoms with Gasteiger partial charge in [-0.3, -0.25) is 9.59 Å². The maximum absolute atomic E-state index is 13.3. The van der Waals surface area contributed by atoms with Gasteiger partial charge >= 0.3 is 0 Å². The Morgan fingerprint density at radius 2 is 1.96 bits per heavy atom. The van der Waals surface area contributed by atoms with Gasteiger partial charge in [0.25, 0.3) is 11.5 Å². The molecule has 1 amide bonds. The van der Waals surface area contributed by atoms with Crippen LogP contribution < -0.4 is 5.56 Å². The first-order valence-electron chi connectivity index (χ1n) is 9.33. The molecule has 0 bridgehead atoms. The molecule has 3 rings (SSSR count). The number of likely N-dealkylation sites (tertiary alicyclic amines) is 1. The summed E-state index contributed by atoms with van der Waals surface area (Å²) in [6, 6.07) is 7.60. The van der Waals surface area contributed by atoms with Crippen LogP contribution in [0.5, 0.6) is 0 Å². The quantitative estimate of drug-likeness (QED) is 0.856. The van der Waals surface area contributed by atoms with Crippen molar-refractivity contribution in [1.82, 2.24) is 14.7 Å². The normalized spacial score (nSPS) is 18.1. The Balaban J connectivity index is 2.12. The Bertz CT molecular complexity index is 825. The van der Waals surface area contributed by atoms with Gasteiger partial charge in [0.05, 0.1) is 5.39 Å². The lowest BCUT2D eigenvalue weighted by molar-refractivity contribution is 0.0601. The molecule has 5 heteroatoms. The van der Waals surface area contributed by atoms with Crippen molar-refractivity contribution in [3.63, 3.8) is 0 Å². The summed E-state index contributed by atoms with van der Waals surface area (Å²) in [5, 5.41) is 5.74. The third kappa shape index (κ3) is 3.46. The first-order chi connectivity index (χ1) is 12.0. The van der Waals surface area contributed by atoms with E-state index in [1.54, 1.807) is 6.07 Å². The predicted molar refractivity (Wildman–Crippen MR) is 99.8 cm³/mol. The third-order valence-electron chi connectivity index (χ3n) is 4.97. The van der Waals surface area contributed by atoms with Gasteiger partial charge in [0.1, 0.15) is 0 Å². The van der Waals surface area contributed by atoms with Crippen LogP contribution in [-0.4, -0.2) is 33.2 Å². The number of benzene rings is 1. The molecule has 1 aromatic carbocycles. The molecule has 25 heavy (non-hydrogen) atoms. The van der Waals surface area contributed by atoms with Gasteiger partial charge in [0.15, 0.2) is 5.69 Å². The molecule has 0 aliphatic carbocycles. The van der Waals surface area contributed by atoms with Gasteiger partial charge in [0.2, 0.25) is 0 Å². The number of rotatable bonds is 4. The molecule has 1 aromatic heterocycles. The number of piperidine rings is 1. The van der Waals surface area contributed by atoms with E-state index in [1.165, 1.54) is 11.1 Å². The lowest BCUT2D eigenvalue weighted by atomic mass is 9.99. The molecule has 1 saturated heterocycles. The SMILES string of the molecule is CCC1CCCCN1C(=O)c1nn(CC(C)C)c(=O)c2ccccc12. The van der Waals surface area contributed by atoms with Crippen molar-refractivity contribution in [3.05, 3.63) is 40.3 Å². The maximum atomic E-state index is 13.3. The summed E-state index contributed by atoms with van der Waals surface area (Å²) in [6.07, 6.45) is 4.20. The molecule has 1 fully saturated rings. The summed E-state index contributed by atoms with van der Waals surface area (Å²) in [7, 11) is 0. The number of hydrogen-bond donors (Lipinski definition) is 0. The van der Waals surface area contributed by atoms with E-state index in [0.29, 0.717) is 23.0 Å². The molecule has 2 aromatic rings. The predicted octanol–water partition coefficient (Wildman–Crippen LogP) is 3.46. The fourth-order valence-electron chi connectivity index (χ4n) is 3.69. The van der Waals surface area contributed by atoms with Gasteiger partial charge in [-0.1, -0.05) is 39.0 Å². The second kappa shape index (κ2) is 7.38. The Morgan fingerprint density at radius 1 is 1.24 bits per heavy atom. The Morgan fingerprint density at radius 3 is 2.64 bits per heavy atom. The molecule has 0 N–H and O–H groups in total. The summed E-state index contributed by atoms with van der Waals surface area (Å²) >= 11 is 0. The van der Waals surface area contributed by atoms with Crippen molar-refractivity contribution in [2.24, 2.45) is 5.92 Å². The molecule has 0 radical (unpaired) electrons. The van der Waals surface area contributed by atoms with Gasteiger partial charge < -0.3 is 4.90 Å². The van der Waals surface area contributed by atoms with Gasteiger partial charge in [-0.15, -0.1) is 0 Å². The van der Waals surface area contributed by atoms with Crippen molar-refractivity contribution in [2.75, 3.05) is 6.54 Å². The van der Waals surface area contributed by atoms with Gasteiger partial charge in [-0.05, 0) is 37.7 Å². The van der Waals surface area contributed by atoms with Crippen LogP contribution in [0, 0.1) is 5.92 Å². The minimum Gasteiger partial charge on any atom is -0.334 e. The minimum absolute atomic E-state index is 0.0414. The number of carbonyl (C=O) groups excluding carboxylic acids is 1. The summed E-state index contributed by atoms with van der Waals surface area (Å²) in [4.78, 5) is 28.0. The van der Waals surface area contributed by atoms with E-state index >= 15 is 0 Å². The van der Waals surface area contributed by atoms with E-state index in [2.05, 4.69) is 12.0 Å². The average Bonchev–Trinajstić information content (AvgIpc) is 2.63. The highest BCUT2D eigenvalue weighted by molar-refractivity contribution is 6.04. The van der Waals surface area contributed by atoms with Gasteiger partial charge in [-0.25, -0.2) is 4.68 Å². The van der Waals surface area contributed by atoms with E-state index in [-0.39, 0.29) is 23.4 Å². The largest absolute Gasteiger partial charge is 0.334 e. The van der Waals surface area contributed by atoms with Gasteiger partial charge in [0, 0.05) is 24.5 Å². The molecule has 0 saturated carbocycles. The van der Waals surface area contributed by atoms with E-state index in [0.717, 1.165) is 25.8 Å². The number of carbonyl (C=O) groups is 1. The second-order valence-electron chi connectivity index (χ2n) is 7.33. The van der Waals surface area contributed by atoms with Crippen LogP contribution in [-0.2, 0) is 6.54 Å². The lowest BCUT2D eigenvalue weighted by Gasteiger charge is -2.35. The van der Waals surface area contributed by atoms with Crippen LogP contribution in [0.4, 0.5) is 0 Å². The van der Waals surface area contributed by atoms with Crippen LogP contribution >= 0.6 is 0 Å². The first-order valence-corrected chi connectivity index (χ1v) is 9.33. The molecular weight excluding hydrogens is 314 g/mol. The molecule has 1 atom stereocenters. The highest BCUT2D eigenvalue weighted by Crippen LogP contribution is 2.23. The first kappa shape index (κ1) is 17.6. The molecule has 5 nitrogen and oxygen atoms in total. The van der Waals surface area contributed by atoms with Crippen molar-refractivity contribution >= 4 is 16.7 Å². The molecular formula is C20H27N3O2. The third-order valence-corrected chi connectivity index (χ3v) is 4.97. The van der Waals surface area contributed by atoms with Crippen LogP contribution in [0.1, 0.15) is 56.9 Å². The smallest absolute Gasteiger partial charge is 0.275 e. The van der Waals surface area contributed by atoms with Gasteiger partial charge in [-0.2, -0.15) is 5.10 Å². The van der Waals surface area contributed by atoms with E-state index in [4.69, 9.17) is 0 Å². The Labute approximate surface area is 148 Å². The average molecular weight is 341 g/mol. The van der Waals surface area contributed by atoms with Crippen LogP contribution in [0.25, 0.3) is 10.8 Å². The minimum atomic E-state index is -0.119. The molecule has 2 heterocycles. The molecule has 0 spiro atoms. The molecule has 134 valence electrons. The summed E-state index contributed by atoms with van der Waals surface area (Å²) in [5.74, 6) is 0.243. The highest BCUT2D eigenvalue weighted by atomic mass is 16.2. The fraction of sp³-hybridized carbons (Fsp3) is 0.550. The standard InChI is InChI=1S/C20H27N3O2/c1-4-15-9-7-8-12-22(15)20(25)18-16-10-5-6-11-17(16)19(24)23(21-18)13-14(2)3/h5-6,10-11,14-15H,4,7-9,12-13H2,1-3H3. The Hall–Kier alpha value is -2.17. The van der Waals surface area contributed by atoms with Crippen molar-refractivity contribution < 1.29 is 4.79 Å². The molecule has 1 unspecified atom stereocenters. The number of nitrogens with zero attached hydrogens (tertiary/aromatic N) is 3. The number of aromatic nitrogens is 2. The van der Waals surface area contributed by atoms with Crippen molar-refractivity contribution in [1.29, 1.82) is 0 Å². The van der Waals surface area contributed by atoms with Crippen molar-refractivity contribution in [3.8, 4) is 0 Å². The summed E-state index contributed by atoms with van der Waals surface area (Å²) in [5.41, 5.74) is 0.294. The van der Waals surface area contributed by atoms with Crippen LogP contribution in [0.15, 0.2) is 29.1 Å². The summed E-state index contributed by atoms with van der Waals surface area (Å²) < 4.78 is 1.46. The number of fused-ring (bicyclic) bond motifs is 1. The zero-order chi connectivity index (χ0) is 18.0. The lowest BCUT2D eigenvalue weighted by Crippen LogP contribution is -2.44. The zero-order valence-corrected chi connectivity index (χ0v) is 15.4. The maximum Gasteiger partial charge on any atom is 0.275 e.